The van der Waals surface area contributed by atoms with Crippen molar-refractivity contribution in [1.29, 1.82) is 5.41 Å². The van der Waals surface area contributed by atoms with Gasteiger partial charge in [-0.2, -0.15) is 0 Å². The van der Waals surface area contributed by atoms with Gasteiger partial charge < -0.3 is 9.80 Å². The highest BCUT2D eigenvalue weighted by molar-refractivity contribution is 6.08. The first-order chi connectivity index (χ1) is 8.91. The zero-order valence-electron chi connectivity index (χ0n) is 11.8. The summed E-state index contributed by atoms with van der Waals surface area (Å²) in [6.45, 7) is 4.40. The lowest BCUT2D eigenvalue weighted by Crippen LogP contribution is -2.43. The molecule has 2 N–H and O–H groups in total. The highest BCUT2D eigenvalue weighted by atomic mass is 16.2. The van der Waals surface area contributed by atoms with Crippen LogP contribution in [0.3, 0.4) is 0 Å². The number of likely N-dealkylation sites (N-methyl/N-ethyl adjacent to an activating group) is 1. The highest BCUT2D eigenvalue weighted by Crippen LogP contribution is 2.33. The number of amidine groups is 1. The molecule has 1 fully saturated rings. The molecule has 5 heteroatoms. The Hall–Kier alpha value is -2.04. The van der Waals surface area contributed by atoms with E-state index in [-0.39, 0.29) is 11.9 Å². The van der Waals surface area contributed by atoms with Crippen LogP contribution in [-0.2, 0) is 5.54 Å². The van der Waals surface area contributed by atoms with Gasteiger partial charge in [0, 0.05) is 26.3 Å². The first kappa shape index (κ1) is 13.4. The van der Waals surface area contributed by atoms with E-state index in [9.17, 15) is 4.79 Å². The third kappa shape index (κ3) is 1.95. The van der Waals surface area contributed by atoms with Gasteiger partial charge >= 0.3 is 6.03 Å². The normalized spacial score (nSPS) is 22.6. The average molecular weight is 260 g/mol. The second kappa shape index (κ2) is 4.57. The van der Waals surface area contributed by atoms with E-state index < -0.39 is 5.54 Å². The zero-order chi connectivity index (χ0) is 14.2. The molecule has 0 aromatic heterocycles. The van der Waals surface area contributed by atoms with Crippen LogP contribution >= 0.6 is 0 Å². The molecule has 1 saturated heterocycles. The van der Waals surface area contributed by atoms with Crippen LogP contribution in [0.1, 0.15) is 19.4 Å². The Bertz CT molecular complexity index is 509. The van der Waals surface area contributed by atoms with Crippen molar-refractivity contribution in [3.63, 3.8) is 0 Å². The third-order valence-electron chi connectivity index (χ3n) is 3.77. The quantitative estimate of drug-likeness (QED) is 0.873. The van der Waals surface area contributed by atoms with Gasteiger partial charge in [-0.15, -0.1) is 0 Å². The number of carbonyl (C=O) groups excluding carboxylic acids is 1. The second-order valence-electron chi connectivity index (χ2n) is 5.06. The summed E-state index contributed by atoms with van der Waals surface area (Å²) >= 11 is 0. The number of hydrogen-bond donors (Lipinski definition) is 2. The number of benzene rings is 1. The molecule has 1 unspecified atom stereocenters. The largest absolute Gasteiger partial charge is 0.378 e. The number of amides is 2. The Kier molecular flexibility index (Phi) is 3.22. The number of nitrogens with one attached hydrogen (secondary N) is 2. The van der Waals surface area contributed by atoms with Gasteiger partial charge in [0.15, 0.2) is 0 Å². The topological polar surface area (TPSA) is 59.4 Å². The van der Waals surface area contributed by atoms with Crippen molar-refractivity contribution in [1.82, 2.24) is 10.2 Å². The molecule has 2 amide bonds. The Labute approximate surface area is 113 Å². The summed E-state index contributed by atoms with van der Waals surface area (Å²) in [7, 11) is 3.97. The standard InChI is InChI=1S/C14H20N4O/c1-5-18-13(19)16-12(15)14(18,2)10-6-8-11(9-7-10)17(3)4/h6-9H,5H2,1-4H3,(H2,15,16,19). The van der Waals surface area contributed by atoms with Crippen LogP contribution in [0.5, 0.6) is 0 Å². The van der Waals surface area contributed by atoms with Crippen molar-refractivity contribution in [3.8, 4) is 0 Å². The van der Waals surface area contributed by atoms with Gasteiger partial charge in [0.1, 0.15) is 11.4 Å². The lowest BCUT2D eigenvalue weighted by atomic mass is 9.90. The lowest BCUT2D eigenvalue weighted by Gasteiger charge is -2.33. The van der Waals surface area contributed by atoms with Crippen molar-refractivity contribution < 1.29 is 4.79 Å². The van der Waals surface area contributed by atoms with Gasteiger partial charge in [0.25, 0.3) is 0 Å². The van der Waals surface area contributed by atoms with Gasteiger partial charge in [-0.3, -0.25) is 10.7 Å². The van der Waals surface area contributed by atoms with Crippen LogP contribution in [0, 0.1) is 5.41 Å². The predicted molar refractivity (Wildman–Crippen MR) is 76.8 cm³/mol. The SMILES string of the molecule is CCN1C(=O)NC(=N)C1(C)c1ccc(N(C)C)cc1. The highest BCUT2D eigenvalue weighted by Gasteiger charge is 2.46. The second-order valence-corrected chi connectivity index (χ2v) is 5.06. The molecule has 0 bridgehead atoms. The number of anilines is 1. The summed E-state index contributed by atoms with van der Waals surface area (Å²) < 4.78 is 0. The summed E-state index contributed by atoms with van der Waals surface area (Å²) in [6, 6.07) is 7.76. The Morgan fingerprint density at radius 3 is 2.37 bits per heavy atom. The van der Waals surface area contributed by atoms with Crippen molar-refractivity contribution in [2.75, 3.05) is 25.5 Å². The average Bonchev–Trinajstić information content (AvgIpc) is 2.60. The van der Waals surface area contributed by atoms with E-state index in [1.54, 1.807) is 4.90 Å². The van der Waals surface area contributed by atoms with Crippen LogP contribution in [0.4, 0.5) is 10.5 Å². The summed E-state index contributed by atoms with van der Waals surface area (Å²) in [5.74, 6) is 0.233. The number of carbonyl (C=O) groups is 1. The van der Waals surface area contributed by atoms with Gasteiger partial charge in [0.05, 0.1) is 0 Å². The Morgan fingerprint density at radius 2 is 1.89 bits per heavy atom. The van der Waals surface area contributed by atoms with Gasteiger partial charge in [-0.1, -0.05) is 12.1 Å². The maximum Gasteiger partial charge on any atom is 0.323 e. The van der Waals surface area contributed by atoms with E-state index in [4.69, 9.17) is 5.41 Å². The van der Waals surface area contributed by atoms with E-state index in [0.717, 1.165) is 11.3 Å². The molecule has 102 valence electrons. The molecule has 0 radical (unpaired) electrons. The molecule has 1 atom stereocenters. The zero-order valence-corrected chi connectivity index (χ0v) is 11.8. The smallest absolute Gasteiger partial charge is 0.323 e. The number of hydrogen-bond acceptors (Lipinski definition) is 3. The van der Waals surface area contributed by atoms with Crippen molar-refractivity contribution >= 4 is 17.6 Å². The fraction of sp³-hybridized carbons (Fsp3) is 0.429. The summed E-state index contributed by atoms with van der Waals surface area (Å²) in [5, 5.41) is 10.7. The van der Waals surface area contributed by atoms with Crippen LogP contribution in [-0.4, -0.2) is 37.4 Å². The molecule has 0 aliphatic carbocycles. The maximum atomic E-state index is 11.8. The van der Waals surface area contributed by atoms with Crippen molar-refractivity contribution in [3.05, 3.63) is 29.8 Å². The molecule has 0 spiro atoms. The summed E-state index contributed by atoms with van der Waals surface area (Å²) in [6.07, 6.45) is 0. The lowest BCUT2D eigenvalue weighted by molar-refractivity contribution is 0.184. The van der Waals surface area contributed by atoms with Crippen molar-refractivity contribution in [2.45, 2.75) is 19.4 Å². The minimum absolute atomic E-state index is 0.202. The van der Waals surface area contributed by atoms with E-state index in [1.807, 2.05) is 57.1 Å². The molecule has 19 heavy (non-hydrogen) atoms. The summed E-state index contributed by atoms with van der Waals surface area (Å²) in [4.78, 5) is 15.5. The molecule has 2 rings (SSSR count). The molecule has 1 aliphatic heterocycles. The first-order valence-electron chi connectivity index (χ1n) is 6.36. The maximum absolute atomic E-state index is 11.8. The number of urea groups is 1. The molecule has 5 nitrogen and oxygen atoms in total. The molecular formula is C14H20N4O. The monoisotopic (exact) mass is 260 g/mol. The van der Waals surface area contributed by atoms with Crippen LogP contribution in [0.25, 0.3) is 0 Å². The summed E-state index contributed by atoms with van der Waals surface area (Å²) in [5.41, 5.74) is 1.35. The van der Waals surface area contributed by atoms with Crippen LogP contribution < -0.4 is 10.2 Å². The molecule has 1 aromatic rings. The van der Waals surface area contributed by atoms with Gasteiger partial charge in [-0.05, 0) is 31.5 Å². The minimum atomic E-state index is -0.698. The molecule has 1 aliphatic rings. The molecule has 1 heterocycles. The number of nitrogens with zero attached hydrogens (tertiary/aromatic N) is 2. The van der Waals surface area contributed by atoms with Crippen LogP contribution in [0.15, 0.2) is 24.3 Å². The first-order valence-corrected chi connectivity index (χ1v) is 6.36. The van der Waals surface area contributed by atoms with E-state index in [0.29, 0.717) is 6.54 Å². The Morgan fingerprint density at radius 1 is 1.32 bits per heavy atom. The fourth-order valence-corrected chi connectivity index (χ4v) is 2.48. The predicted octanol–water partition coefficient (Wildman–Crippen LogP) is 1.99. The number of rotatable bonds is 3. The van der Waals surface area contributed by atoms with E-state index in [2.05, 4.69) is 5.32 Å². The molecule has 0 saturated carbocycles. The van der Waals surface area contributed by atoms with Crippen molar-refractivity contribution in [2.24, 2.45) is 0 Å². The fourth-order valence-electron chi connectivity index (χ4n) is 2.48. The van der Waals surface area contributed by atoms with E-state index >= 15 is 0 Å². The van der Waals surface area contributed by atoms with Gasteiger partial charge in [-0.25, -0.2) is 4.79 Å². The Balaban J connectivity index is 2.43. The molecular weight excluding hydrogens is 240 g/mol. The van der Waals surface area contributed by atoms with Crippen LogP contribution in [0.2, 0.25) is 0 Å². The van der Waals surface area contributed by atoms with Gasteiger partial charge in [0.2, 0.25) is 0 Å². The third-order valence-corrected chi connectivity index (χ3v) is 3.77. The minimum Gasteiger partial charge on any atom is -0.378 e. The van der Waals surface area contributed by atoms with E-state index in [1.165, 1.54) is 0 Å². The molecule has 1 aromatic carbocycles.